The number of sulfonamides is 1. The van der Waals surface area contributed by atoms with E-state index >= 15 is 0 Å². The van der Waals surface area contributed by atoms with Gasteiger partial charge in [0, 0.05) is 13.1 Å². The number of fused-ring (bicyclic) bond motifs is 2. The first-order valence-corrected chi connectivity index (χ1v) is 10.6. The van der Waals surface area contributed by atoms with Crippen molar-refractivity contribution in [3.05, 3.63) is 35.9 Å². The Morgan fingerprint density at radius 2 is 1.85 bits per heavy atom. The molecular weight excluding hydrogens is 358 g/mol. The molecule has 1 aromatic rings. The summed E-state index contributed by atoms with van der Waals surface area (Å²) >= 11 is 0. The third-order valence-corrected chi connectivity index (χ3v) is 6.35. The molecule has 0 radical (unpaired) electrons. The minimum Gasteiger partial charge on any atom is -0.374 e. The number of ether oxygens (including phenoxy) is 4. The Hall–Kier alpha value is -1.03. The Kier molecular flexibility index (Phi) is 4.41. The first-order chi connectivity index (χ1) is 12.2. The van der Waals surface area contributed by atoms with Crippen LogP contribution in [0, 0.1) is 0 Å². The van der Waals surface area contributed by atoms with Crippen LogP contribution in [0.4, 0.5) is 0 Å². The van der Waals surface area contributed by atoms with Gasteiger partial charge in [0.2, 0.25) is 10.0 Å². The predicted octanol–water partition coefficient (Wildman–Crippen LogP) is 1.14. The van der Waals surface area contributed by atoms with Crippen molar-refractivity contribution >= 4 is 10.0 Å². The summed E-state index contributed by atoms with van der Waals surface area (Å²) in [6, 6.07) is 9.93. The van der Waals surface area contributed by atoms with Gasteiger partial charge in [-0.05, 0) is 19.4 Å². The van der Waals surface area contributed by atoms with E-state index in [1.54, 1.807) is 0 Å². The second-order valence-corrected chi connectivity index (χ2v) is 9.76. The molecule has 3 aliphatic rings. The van der Waals surface area contributed by atoms with Crippen LogP contribution in [0.15, 0.2) is 30.3 Å². The van der Waals surface area contributed by atoms with Crippen molar-refractivity contribution < 1.29 is 27.4 Å². The lowest BCUT2D eigenvalue weighted by Crippen LogP contribution is -2.68. The van der Waals surface area contributed by atoms with E-state index in [9.17, 15) is 8.42 Å². The molecule has 3 fully saturated rings. The SMILES string of the molecule is CC1(C)O[C@H]2[C@@H](O1)C1(CN(S(C)(=O)=O)C1)O[C@@H]2COCc1ccccc1. The molecule has 144 valence electrons. The van der Waals surface area contributed by atoms with Crippen molar-refractivity contribution in [2.24, 2.45) is 0 Å². The topological polar surface area (TPSA) is 74.3 Å². The molecule has 0 unspecified atom stereocenters. The predicted molar refractivity (Wildman–Crippen MR) is 93.9 cm³/mol. The van der Waals surface area contributed by atoms with Crippen molar-refractivity contribution in [2.75, 3.05) is 26.0 Å². The Labute approximate surface area is 154 Å². The van der Waals surface area contributed by atoms with Gasteiger partial charge in [-0.3, -0.25) is 0 Å². The van der Waals surface area contributed by atoms with Gasteiger partial charge in [-0.15, -0.1) is 0 Å². The highest BCUT2D eigenvalue weighted by molar-refractivity contribution is 7.88. The normalized spacial score (nSPS) is 32.5. The van der Waals surface area contributed by atoms with E-state index in [0.29, 0.717) is 26.3 Å². The molecule has 1 aromatic carbocycles. The average molecular weight is 383 g/mol. The number of nitrogens with zero attached hydrogens (tertiary/aromatic N) is 1. The van der Waals surface area contributed by atoms with Gasteiger partial charge in [0.1, 0.15) is 23.9 Å². The smallest absolute Gasteiger partial charge is 0.211 e. The number of hydrogen-bond donors (Lipinski definition) is 0. The molecule has 7 nitrogen and oxygen atoms in total. The van der Waals surface area contributed by atoms with Gasteiger partial charge in [-0.25, -0.2) is 8.42 Å². The van der Waals surface area contributed by atoms with Crippen LogP contribution >= 0.6 is 0 Å². The van der Waals surface area contributed by atoms with Crippen LogP contribution in [0.1, 0.15) is 19.4 Å². The van der Waals surface area contributed by atoms with Gasteiger partial charge in [-0.2, -0.15) is 4.31 Å². The summed E-state index contributed by atoms with van der Waals surface area (Å²) in [5, 5.41) is 0. The fraction of sp³-hybridized carbons (Fsp3) is 0.667. The van der Waals surface area contributed by atoms with Crippen molar-refractivity contribution in [1.29, 1.82) is 0 Å². The van der Waals surface area contributed by atoms with Gasteiger partial charge in [0.15, 0.2) is 5.79 Å². The summed E-state index contributed by atoms with van der Waals surface area (Å²) in [4.78, 5) is 0. The second kappa shape index (κ2) is 6.25. The Morgan fingerprint density at radius 3 is 2.50 bits per heavy atom. The average Bonchev–Trinajstić information content (AvgIpc) is 2.98. The summed E-state index contributed by atoms with van der Waals surface area (Å²) in [7, 11) is -3.23. The van der Waals surface area contributed by atoms with Crippen LogP contribution < -0.4 is 0 Å². The van der Waals surface area contributed by atoms with E-state index in [-0.39, 0.29) is 18.3 Å². The van der Waals surface area contributed by atoms with Gasteiger partial charge in [-0.1, -0.05) is 30.3 Å². The van der Waals surface area contributed by atoms with Crippen molar-refractivity contribution in [3.8, 4) is 0 Å². The third kappa shape index (κ3) is 3.30. The molecule has 8 heteroatoms. The zero-order valence-corrected chi connectivity index (χ0v) is 16.1. The van der Waals surface area contributed by atoms with Crippen LogP contribution in [0.25, 0.3) is 0 Å². The maximum atomic E-state index is 11.8. The lowest BCUT2D eigenvalue weighted by molar-refractivity contribution is -0.233. The molecule has 3 saturated heterocycles. The minimum atomic E-state index is -3.23. The van der Waals surface area contributed by atoms with E-state index in [1.807, 2.05) is 44.2 Å². The van der Waals surface area contributed by atoms with E-state index in [1.165, 1.54) is 10.6 Å². The zero-order valence-electron chi connectivity index (χ0n) is 15.3. The lowest BCUT2D eigenvalue weighted by Gasteiger charge is -2.48. The summed E-state index contributed by atoms with van der Waals surface area (Å²) in [6.07, 6.45) is 0.374. The first-order valence-electron chi connectivity index (χ1n) is 8.79. The fourth-order valence-electron chi connectivity index (χ4n) is 3.94. The quantitative estimate of drug-likeness (QED) is 0.759. The molecule has 0 N–H and O–H groups in total. The highest BCUT2D eigenvalue weighted by atomic mass is 32.2. The van der Waals surface area contributed by atoms with Crippen LogP contribution in [0.3, 0.4) is 0 Å². The van der Waals surface area contributed by atoms with Gasteiger partial charge in [0.05, 0.1) is 19.5 Å². The highest BCUT2D eigenvalue weighted by Crippen LogP contribution is 2.48. The van der Waals surface area contributed by atoms with E-state index in [2.05, 4.69) is 0 Å². The van der Waals surface area contributed by atoms with E-state index < -0.39 is 21.4 Å². The number of benzene rings is 1. The molecule has 3 heterocycles. The molecule has 0 saturated carbocycles. The molecule has 3 atom stereocenters. The zero-order chi connectivity index (χ0) is 18.6. The molecule has 4 rings (SSSR count). The Morgan fingerprint density at radius 1 is 1.15 bits per heavy atom. The highest BCUT2D eigenvalue weighted by Gasteiger charge is 2.67. The lowest BCUT2D eigenvalue weighted by atomic mass is 9.89. The molecule has 0 aliphatic carbocycles. The molecule has 0 bridgehead atoms. The van der Waals surface area contributed by atoms with Gasteiger partial charge in [0.25, 0.3) is 0 Å². The van der Waals surface area contributed by atoms with Crippen LogP contribution in [0.5, 0.6) is 0 Å². The minimum absolute atomic E-state index is 0.262. The maximum Gasteiger partial charge on any atom is 0.211 e. The fourth-order valence-corrected chi connectivity index (χ4v) is 4.85. The van der Waals surface area contributed by atoms with E-state index in [4.69, 9.17) is 18.9 Å². The molecule has 0 amide bonds. The van der Waals surface area contributed by atoms with Crippen LogP contribution in [-0.4, -0.2) is 68.4 Å². The summed E-state index contributed by atoms with van der Waals surface area (Å²) in [5.41, 5.74) is 0.440. The number of hydrogen-bond acceptors (Lipinski definition) is 6. The first kappa shape index (κ1) is 18.3. The molecule has 0 aromatic heterocycles. The monoisotopic (exact) mass is 383 g/mol. The molecule has 26 heavy (non-hydrogen) atoms. The summed E-state index contributed by atoms with van der Waals surface area (Å²) < 4.78 is 49.1. The van der Waals surface area contributed by atoms with Crippen molar-refractivity contribution in [3.63, 3.8) is 0 Å². The van der Waals surface area contributed by atoms with E-state index in [0.717, 1.165) is 5.56 Å². The van der Waals surface area contributed by atoms with Gasteiger partial charge >= 0.3 is 0 Å². The Bertz CT molecular complexity index is 759. The Balaban J connectivity index is 1.43. The summed E-state index contributed by atoms with van der Waals surface area (Å²) in [6.45, 7) is 5.19. The molecule has 1 spiro atoms. The van der Waals surface area contributed by atoms with Crippen LogP contribution in [0.2, 0.25) is 0 Å². The standard InChI is InChI=1S/C18H25NO6S/c1-17(2)24-15-14(10-22-9-13-7-5-4-6-8-13)23-18(16(15)25-17)11-19(12-18)26(3,20)21/h4-8,14-16H,9-12H2,1-3H3/t14-,15-,16-/m1/s1. The largest absolute Gasteiger partial charge is 0.374 e. The van der Waals surface area contributed by atoms with Crippen molar-refractivity contribution in [2.45, 2.75) is 50.2 Å². The van der Waals surface area contributed by atoms with Crippen molar-refractivity contribution in [1.82, 2.24) is 4.31 Å². The molecule has 3 aliphatic heterocycles. The third-order valence-electron chi connectivity index (χ3n) is 5.15. The number of rotatable bonds is 5. The molecular formula is C18H25NO6S. The summed E-state index contributed by atoms with van der Waals surface area (Å²) in [5.74, 6) is -0.713. The maximum absolute atomic E-state index is 11.8. The second-order valence-electron chi connectivity index (χ2n) is 7.77. The van der Waals surface area contributed by atoms with Gasteiger partial charge < -0.3 is 18.9 Å². The van der Waals surface area contributed by atoms with Crippen LogP contribution in [-0.2, 0) is 35.6 Å².